The molecule has 23 rings (SSSR count). The van der Waals surface area contributed by atoms with Crippen molar-refractivity contribution in [1.29, 1.82) is 0 Å². The van der Waals surface area contributed by atoms with Gasteiger partial charge in [0, 0.05) is 99.1 Å². The summed E-state index contributed by atoms with van der Waals surface area (Å²) in [6, 6.07) is 154. The number of fused-ring (bicyclic) bond motifs is 18. The monoisotopic (exact) mass is 1430 g/mol. The van der Waals surface area contributed by atoms with Gasteiger partial charge in [-0.05, 0) is 184 Å². The summed E-state index contributed by atoms with van der Waals surface area (Å²) in [5.41, 5.74) is 28.3. The first kappa shape index (κ1) is 64.2. The fourth-order valence-corrected chi connectivity index (χ4v) is 18.1. The van der Waals surface area contributed by atoms with E-state index in [-0.39, 0.29) is 0 Å². The van der Waals surface area contributed by atoms with E-state index >= 15 is 0 Å². The molecule has 112 heavy (non-hydrogen) atoms. The standard InChI is InChI=1S/C54H36N4.C52H34N2/c1-3-15-37(16-4-1)55(38-17-5-2-6-18-38)39-27-33-42(34-28-39)58-50-25-13-9-21-45(50)46-35-36-52-53(54(46)58)47-22-10-14-26-51(47)57(52)41-31-29-40(30-32-41)56-48-23-11-7-19-43(48)44-20-8-12-24-49(44)56;1-4-16-35(17-5-1)38-32-39(36-18-6-2-7-19-36)34-40(33-38)53-48-27-15-13-25-46(48)51-50(53)31-29-45-44-24-12-14-26-47(44)54(52(45)51)49-30-28-41(37-20-8-3-9-21-37)42-22-10-11-23-43(42)49/h1-36H;1-34H. The van der Waals surface area contributed by atoms with Gasteiger partial charge >= 0.3 is 0 Å². The van der Waals surface area contributed by atoms with Crippen LogP contribution in [0.1, 0.15) is 0 Å². The lowest BCUT2D eigenvalue weighted by atomic mass is 9.97. The fourth-order valence-electron chi connectivity index (χ4n) is 18.1. The molecule has 0 N–H and O–H groups in total. The normalized spacial score (nSPS) is 11.8. The zero-order chi connectivity index (χ0) is 73.7. The Morgan fingerprint density at radius 2 is 0.473 bits per heavy atom. The molecule has 6 heteroatoms. The summed E-state index contributed by atoms with van der Waals surface area (Å²) in [5, 5.41) is 15.0. The molecule has 0 radical (unpaired) electrons. The number of anilines is 3. The van der Waals surface area contributed by atoms with Gasteiger partial charge in [-0.2, -0.15) is 0 Å². The first-order valence-electron chi connectivity index (χ1n) is 38.5. The Hall–Kier alpha value is -15.0. The second-order valence-corrected chi connectivity index (χ2v) is 29.1. The molecule has 0 spiro atoms. The van der Waals surface area contributed by atoms with Gasteiger partial charge in [-0.1, -0.05) is 279 Å². The first-order chi connectivity index (χ1) is 55.6. The number of benzene rings is 18. The highest BCUT2D eigenvalue weighted by atomic mass is 15.1. The van der Waals surface area contributed by atoms with Crippen LogP contribution in [0, 0.1) is 0 Å². The maximum Gasteiger partial charge on any atom is 0.0641 e. The third kappa shape index (κ3) is 10.3. The fraction of sp³-hybridized carbons (Fsp3) is 0. The van der Waals surface area contributed by atoms with E-state index in [0.717, 1.165) is 39.8 Å². The maximum absolute atomic E-state index is 2.52. The van der Waals surface area contributed by atoms with E-state index in [1.54, 1.807) is 0 Å². The summed E-state index contributed by atoms with van der Waals surface area (Å²) in [6.07, 6.45) is 0. The maximum atomic E-state index is 2.52. The topological polar surface area (TPSA) is 27.9 Å². The Morgan fingerprint density at radius 1 is 0.161 bits per heavy atom. The summed E-state index contributed by atoms with van der Waals surface area (Å²) in [4.78, 5) is 2.31. The Morgan fingerprint density at radius 3 is 0.938 bits per heavy atom. The molecule has 0 unspecified atom stereocenters. The molecule has 0 atom stereocenters. The molecule has 18 aromatic carbocycles. The minimum Gasteiger partial charge on any atom is -0.311 e. The zero-order valence-corrected chi connectivity index (χ0v) is 61.1. The van der Waals surface area contributed by atoms with Gasteiger partial charge in [-0.15, -0.1) is 0 Å². The van der Waals surface area contributed by atoms with Gasteiger partial charge in [0.05, 0.1) is 60.9 Å². The van der Waals surface area contributed by atoms with Crippen molar-refractivity contribution in [2.75, 3.05) is 4.90 Å². The van der Waals surface area contributed by atoms with Gasteiger partial charge < -0.3 is 27.7 Å². The van der Waals surface area contributed by atoms with Gasteiger partial charge in [0.2, 0.25) is 0 Å². The molecule has 23 aromatic rings. The van der Waals surface area contributed by atoms with Crippen molar-refractivity contribution < 1.29 is 0 Å². The number of hydrogen-bond donors (Lipinski definition) is 0. The van der Waals surface area contributed by atoms with Crippen molar-refractivity contribution in [3.8, 4) is 61.8 Å². The van der Waals surface area contributed by atoms with Crippen molar-refractivity contribution in [3.05, 3.63) is 425 Å². The van der Waals surface area contributed by atoms with Crippen LogP contribution < -0.4 is 4.90 Å². The van der Waals surface area contributed by atoms with E-state index in [1.165, 1.54) is 159 Å². The first-order valence-corrected chi connectivity index (χ1v) is 38.5. The second kappa shape index (κ2) is 26.5. The lowest BCUT2D eigenvalue weighted by molar-refractivity contribution is 1.14. The van der Waals surface area contributed by atoms with Crippen molar-refractivity contribution in [2.24, 2.45) is 0 Å². The van der Waals surface area contributed by atoms with Crippen LogP contribution in [0.3, 0.4) is 0 Å². The molecule has 5 aromatic heterocycles. The number of para-hydroxylation sites is 8. The molecular formula is C106H70N6. The van der Waals surface area contributed by atoms with Crippen molar-refractivity contribution >= 4 is 137 Å². The quantitative estimate of drug-likeness (QED) is 0.127. The molecule has 0 saturated carbocycles. The minimum absolute atomic E-state index is 1.10. The lowest BCUT2D eigenvalue weighted by Gasteiger charge is -2.25. The molecule has 0 saturated heterocycles. The number of aromatic nitrogens is 5. The molecule has 6 nitrogen and oxygen atoms in total. The SMILES string of the molecule is c1ccc(-c2cc(-c3ccccc3)cc(-n3c4ccccc4c4c3ccc3c5ccccc5n(-c5ccc(-c6ccccc6)c6ccccc56)c34)c2)cc1.c1ccc(N(c2ccccc2)c2ccc(-n3c4ccccc4c4ccc5c(c6ccccc6n5-c5ccc(-n6c7ccccc7c7ccccc76)cc5)c43)cc2)cc1. The third-order valence-electron chi connectivity index (χ3n) is 22.9. The second-order valence-electron chi connectivity index (χ2n) is 29.1. The predicted molar refractivity (Wildman–Crippen MR) is 473 cm³/mol. The van der Waals surface area contributed by atoms with Crippen LogP contribution in [0.15, 0.2) is 425 Å². The Balaban J connectivity index is 0.000000138. The van der Waals surface area contributed by atoms with Crippen LogP contribution in [0.4, 0.5) is 17.1 Å². The molecule has 0 amide bonds. The van der Waals surface area contributed by atoms with Crippen LogP contribution in [-0.2, 0) is 0 Å². The van der Waals surface area contributed by atoms with Crippen LogP contribution >= 0.6 is 0 Å². The smallest absolute Gasteiger partial charge is 0.0641 e. The van der Waals surface area contributed by atoms with Crippen molar-refractivity contribution in [2.45, 2.75) is 0 Å². The van der Waals surface area contributed by atoms with Gasteiger partial charge in [0.1, 0.15) is 0 Å². The van der Waals surface area contributed by atoms with Crippen LogP contribution in [0.5, 0.6) is 0 Å². The van der Waals surface area contributed by atoms with Crippen molar-refractivity contribution in [3.63, 3.8) is 0 Å². The highest BCUT2D eigenvalue weighted by Gasteiger charge is 2.26. The highest BCUT2D eigenvalue weighted by molar-refractivity contribution is 6.28. The Labute approximate surface area is 646 Å². The molecule has 0 bridgehead atoms. The molecular weight excluding hydrogens is 1360 g/mol. The largest absolute Gasteiger partial charge is 0.311 e. The molecule has 5 heterocycles. The zero-order valence-electron chi connectivity index (χ0n) is 61.1. The molecule has 524 valence electrons. The van der Waals surface area contributed by atoms with Gasteiger partial charge in [0.25, 0.3) is 0 Å². The van der Waals surface area contributed by atoms with Crippen molar-refractivity contribution in [1.82, 2.24) is 22.8 Å². The Bertz CT molecular complexity index is 7430. The van der Waals surface area contributed by atoms with Gasteiger partial charge in [-0.25, -0.2) is 0 Å². The average Bonchev–Trinajstić information content (AvgIpc) is 1.54. The molecule has 0 aliphatic rings. The lowest BCUT2D eigenvalue weighted by Crippen LogP contribution is -2.09. The van der Waals surface area contributed by atoms with E-state index in [2.05, 4.69) is 452 Å². The van der Waals surface area contributed by atoms with E-state index in [9.17, 15) is 0 Å². The number of nitrogens with zero attached hydrogens (tertiary/aromatic N) is 6. The van der Waals surface area contributed by atoms with Crippen LogP contribution in [0.25, 0.3) is 182 Å². The average molecular weight is 1430 g/mol. The van der Waals surface area contributed by atoms with Gasteiger partial charge in [0.15, 0.2) is 0 Å². The minimum atomic E-state index is 1.10. The van der Waals surface area contributed by atoms with E-state index in [0.29, 0.717) is 0 Å². The Kier molecular flexibility index (Phi) is 15.2. The van der Waals surface area contributed by atoms with Crippen LogP contribution in [0.2, 0.25) is 0 Å². The van der Waals surface area contributed by atoms with E-state index in [1.807, 2.05) is 0 Å². The molecule has 0 aliphatic carbocycles. The van der Waals surface area contributed by atoms with E-state index in [4.69, 9.17) is 0 Å². The molecule has 0 fully saturated rings. The van der Waals surface area contributed by atoms with Crippen LogP contribution in [-0.4, -0.2) is 22.8 Å². The van der Waals surface area contributed by atoms with E-state index < -0.39 is 0 Å². The summed E-state index contributed by atoms with van der Waals surface area (Å²) in [5.74, 6) is 0. The third-order valence-corrected chi connectivity index (χ3v) is 22.9. The summed E-state index contributed by atoms with van der Waals surface area (Å²) in [6.45, 7) is 0. The highest BCUT2D eigenvalue weighted by Crippen LogP contribution is 2.48. The predicted octanol–water partition coefficient (Wildman–Crippen LogP) is 28.5. The number of hydrogen-bond acceptors (Lipinski definition) is 1. The summed E-state index contributed by atoms with van der Waals surface area (Å²) >= 11 is 0. The number of rotatable bonds is 11. The summed E-state index contributed by atoms with van der Waals surface area (Å²) < 4.78 is 12.3. The molecule has 0 aliphatic heterocycles. The summed E-state index contributed by atoms with van der Waals surface area (Å²) in [7, 11) is 0. The van der Waals surface area contributed by atoms with Gasteiger partial charge in [-0.3, -0.25) is 0 Å².